The van der Waals surface area contributed by atoms with E-state index in [1.54, 1.807) is 0 Å². The maximum Gasteiger partial charge on any atom is 0.303 e. The summed E-state index contributed by atoms with van der Waals surface area (Å²) in [5.41, 5.74) is 5.18. The van der Waals surface area contributed by atoms with E-state index in [0.29, 0.717) is 5.92 Å². The number of hydrogen-bond acceptors (Lipinski definition) is 2. The predicted octanol–water partition coefficient (Wildman–Crippen LogP) is 6.30. The van der Waals surface area contributed by atoms with Gasteiger partial charge in [-0.3, -0.25) is 4.79 Å². The highest BCUT2D eigenvalue weighted by Gasteiger charge is 2.20. The number of rotatable bonds is 2. The highest BCUT2D eigenvalue weighted by molar-refractivity contribution is 5.66. The summed E-state index contributed by atoms with van der Waals surface area (Å²) in [6, 6.07) is 0. The van der Waals surface area contributed by atoms with Crippen molar-refractivity contribution in [2.75, 3.05) is 0 Å². The SMILES string of the molecule is C=C(C)C1CC=C(C)CC/C=C(\C)CC/C=C(\C)C(OC(C)=O)C1. The molecule has 0 bridgehead atoms. The molecule has 24 heavy (non-hydrogen) atoms. The highest BCUT2D eigenvalue weighted by atomic mass is 16.5. The van der Waals surface area contributed by atoms with Crippen LogP contribution < -0.4 is 0 Å². The lowest BCUT2D eigenvalue weighted by molar-refractivity contribution is -0.145. The summed E-state index contributed by atoms with van der Waals surface area (Å²) in [5, 5.41) is 0. The molecule has 2 atom stereocenters. The molecule has 1 aliphatic carbocycles. The molecule has 0 saturated carbocycles. The van der Waals surface area contributed by atoms with Gasteiger partial charge in [0.1, 0.15) is 6.10 Å². The van der Waals surface area contributed by atoms with Crippen molar-refractivity contribution < 1.29 is 9.53 Å². The summed E-state index contributed by atoms with van der Waals surface area (Å²) in [6.45, 7) is 14.2. The quantitative estimate of drug-likeness (QED) is 0.438. The Labute approximate surface area is 148 Å². The van der Waals surface area contributed by atoms with Crippen molar-refractivity contribution in [1.29, 1.82) is 0 Å². The van der Waals surface area contributed by atoms with Crippen LogP contribution in [0.1, 0.15) is 73.1 Å². The molecule has 0 radical (unpaired) electrons. The van der Waals surface area contributed by atoms with Crippen molar-refractivity contribution in [3.05, 3.63) is 47.1 Å². The third-order valence-electron chi connectivity index (χ3n) is 4.80. The minimum Gasteiger partial charge on any atom is -0.458 e. The van der Waals surface area contributed by atoms with Gasteiger partial charge in [-0.05, 0) is 77.7 Å². The van der Waals surface area contributed by atoms with Crippen LogP contribution in [-0.2, 0) is 9.53 Å². The molecule has 1 rings (SSSR count). The van der Waals surface area contributed by atoms with E-state index < -0.39 is 0 Å². The van der Waals surface area contributed by atoms with Crippen LogP contribution in [0.5, 0.6) is 0 Å². The fourth-order valence-electron chi connectivity index (χ4n) is 3.04. The lowest BCUT2D eigenvalue weighted by Gasteiger charge is -2.24. The van der Waals surface area contributed by atoms with Crippen molar-refractivity contribution in [1.82, 2.24) is 0 Å². The molecule has 2 heteroatoms. The molecule has 0 N–H and O–H groups in total. The van der Waals surface area contributed by atoms with Gasteiger partial charge >= 0.3 is 5.97 Å². The van der Waals surface area contributed by atoms with E-state index in [1.165, 1.54) is 18.1 Å². The lowest BCUT2D eigenvalue weighted by atomic mass is 9.88. The Hall–Kier alpha value is -1.57. The summed E-state index contributed by atoms with van der Waals surface area (Å²) in [5.74, 6) is 0.130. The van der Waals surface area contributed by atoms with Gasteiger partial charge in [0.2, 0.25) is 0 Å². The third kappa shape index (κ3) is 7.81. The second kappa shape index (κ2) is 10.3. The van der Waals surface area contributed by atoms with Crippen LogP contribution in [0, 0.1) is 5.92 Å². The third-order valence-corrected chi connectivity index (χ3v) is 4.80. The number of carbonyl (C=O) groups excluding carboxylic acids is 1. The zero-order valence-electron chi connectivity index (χ0n) is 16.2. The summed E-state index contributed by atoms with van der Waals surface area (Å²) < 4.78 is 5.61. The monoisotopic (exact) mass is 330 g/mol. The molecule has 134 valence electrons. The van der Waals surface area contributed by atoms with Crippen LogP contribution in [-0.4, -0.2) is 12.1 Å². The van der Waals surface area contributed by atoms with E-state index in [1.807, 2.05) is 0 Å². The Morgan fingerprint density at radius 2 is 1.62 bits per heavy atom. The van der Waals surface area contributed by atoms with Gasteiger partial charge < -0.3 is 4.74 Å². The first kappa shape index (κ1) is 20.5. The molecule has 1 aliphatic rings. The van der Waals surface area contributed by atoms with Gasteiger partial charge in [-0.15, -0.1) is 0 Å². The van der Waals surface area contributed by atoms with Crippen LogP contribution in [0.3, 0.4) is 0 Å². The van der Waals surface area contributed by atoms with Gasteiger partial charge in [-0.2, -0.15) is 0 Å². The fourth-order valence-corrected chi connectivity index (χ4v) is 3.04. The summed E-state index contributed by atoms with van der Waals surface area (Å²) in [7, 11) is 0. The minimum atomic E-state index is -0.211. The molecule has 0 heterocycles. The Kier molecular flexibility index (Phi) is 8.81. The Balaban J connectivity index is 3.05. The van der Waals surface area contributed by atoms with Crippen molar-refractivity contribution in [3.8, 4) is 0 Å². The molecular weight excluding hydrogens is 296 g/mol. The number of ether oxygens (including phenoxy) is 1. The smallest absolute Gasteiger partial charge is 0.303 e. The normalized spacial score (nSPS) is 28.5. The zero-order chi connectivity index (χ0) is 18.1. The predicted molar refractivity (Wildman–Crippen MR) is 103 cm³/mol. The van der Waals surface area contributed by atoms with E-state index in [9.17, 15) is 4.79 Å². The average Bonchev–Trinajstić information content (AvgIpc) is 2.48. The topological polar surface area (TPSA) is 26.3 Å². The Morgan fingerprint density at radius 1 is 1.04 bits per heavy atom. The van der Waals surface area contributed by atoms with Crippen LogP contribution in [0.25, 0.3) is 0 Å². The van der Waals surface area contributed by atoms with Crippen molar-refractivity contribution in [3.63, 3.8) is 0 Å². The molecule has 0 spiro atoms. The van der Waals surface area contributed by atoms with Crippen LogP contribution in [0.4, 0.5) is 0 Å². The number of allylic oxidation sites excluding steroid dienone is 6. The molecular formula is C22H34O2. The summed E-state index contributed by atoms with van der Waals surface area (Å²) >= 11 is 0. The molecule has 0 aromatic carbocycles. The summed E-state index contributed by atoms with van der Waals surface area (Å²) in [6.07, 6.45) is 12.8. The number of hydrogen-bond donors (Lipinski definition) is 0. The molecule has 2 unspecified atom stereocenters. The van der Waals surface area contributed by atoms with Crippen molar-refractivity contribution in [2.24, 2.45) is 5.92 Å². The Morgan fingerprint density at radius 3 is 2.21 bits per heavy atom. The van der Waals surface area contributed by atoms with Gasteiger partial charge in [-0.25, -0.2) is 0 Å². The highest BCUT2D eigenvalue weighted by Crippen LogP contribution is 2.27. The number of carbonyl (C=O) groups is 1. The van der Waals surface area contributed by atoms with Crippen LogP contribution in [0.15, 0.2) is 47.1 Å². The van der Waals surface area contributed by atoms with Gasteiger partial charge in [0.15, 0.2) is 0 Å². The van der Waals surface area contributed by atoms with Crippen molar-refractivity contribution >= 4 is 5.97 Å². The first-order valence-corrected chi connectivity index (χ1v) is 9.10. The second-order valence-electron chi connectivity index (χ2n) is 7.24. The van der Waals surface area contributed by atoms with Gasteiger partial charge in [0, 0.05) is 6.92 Å². The summed E-state index contributed by atoms with van der Waals surface area (Å²) in [4.78, 5) is 11.5. The number of esters is 1. The average molecular weight is 331 g/mol. The fraction of sp³-hybridized carbons (Fsp3) is 0.591. The van der Waals surface area contributed by atoms with Crippen LogP contribution >= 0.6 is 0 Å². The Bertz CT molecular complexity index is 534. The lowest BCUT2D eigenvalue weighted by Crippen LogP contribution is -2.22. The van der Waals surface area contributed by atoms with E-state index in [-0.39, 0.29) is 12.1 Å². The maximum atomic E-state index is 11.5. The zero-order valence-corrected chi connectivity index (χ0v) is 16.2. The van der Waals surface area contributed by atoms with Crippen LogP contribution in [0.2, 0.25) is 0 Å². The minimum absolute atomic E-state index is 0.148. The van der Waals surface area contributed by atoms with E-state index in [4.69, 9.17) is 4.74 Å². The maximum absolute atomic E-state index is 11.5. The van der Waals surface area contributed by atoms with E-state index in [0.717, 1.165) is 49.7 Å². The van der Waals surface area contributed by atoms with E-state index in [2.05, 4.69) is 52.5 Å². The molecule has 0 saturated heterocycles. The standard InChI is InChI=1S/C22H34O2/c1-16(2)21-14-13-18(4)10-7-9-17(3)11-8-12-19(5)22(15-21)24-20(6)23/h9,12-13,21-22H,1,7-8,10-11,14-15H2,2-6H3/b17-9+,18-13?,19-12+. The van der Waals surface area contributed by atoms with Gasteiger partial charge in [0.05, 0.1) is 0 Å². The molecule has 0 aliphatic heterocycles. The molecule has 0 aromatic heterocycles. The second-order valence-corrected chi connectivity index (χ2v) is 7.24. The van der Waals surface area contributed by atoms with E-state index >= 15 is 0 Å². The first-order valence-electron chi connectivity index (χ1n) is 9.10. The van der Waals surface area contributed by atoms with Gasteiger partial charge in [-0.1, -0.05) is 41.5 Å². The first-order chi connectivity index (χ1) is 11.3. The molecule has 0 fully saturated rings. The molecule has 0 amide bonds. The van der Waals surface area contributed by atoms with Crippen molar-refractivity contribution in [2.45, 2.75) is 79.2 Å². The largest absolute Gasteiger partial charge is 0.458 e. The van der Waals surface area contributed by atoms with Gasteiger partial charge in [0.25, 0.3) is 0 Å². The molecule has 2 nitrogen and oxygen atoms in total. The molecule has 0 aromatic rings.